The van der Waals surface area contributed by atoms with E-state index in [1.165, 1.54) is 11.1 Å². The van der Waals surface area contributed by atoms with Crippen LogP contribution in [0.25, 0.3) is 0 Å². The van der Waals surface area contributed by atoms with Gasteiger partial charge >= 0.3 is 0 Å². The first-order chi connectivity index (χ1) is 17.1. The highest BCUT2D eigenvalue weighted by Gasteiger charge is 2.28. The molecule has 2 aliphatic heterocycles. The molecule has 35 heavy (non-hydrogen) atoms. The van der Waals surface area contributed by atoms with Gasteiger partial charge in [-0.1, -0.05) is 35.9 Å². The van der Waals surface area contributed by atoms with Crippen LogP contribution in [0.3, 0.4) is 0 Å². The Morgan fingerprint density at radius 3 is 2.57 bits per heavy atom. The number of carbonyl (C=O) groups excluding carboxylic acids is 2. The summed E-state index contributed by atoms with van der Waals surface area (Å²) in [6.45, 7) is 4.84. The van der Waals surface area contributed by atoms with E-state index in [1.54, 1.807) is 24.0 Å². The fourth-order valence-electron chi connectivity index (χ4n) is 4.34. The highest BCUT2D eigenvalue weighted by Crippen LogP contribution is 2.30. The average molecular weight is 488 g/mol. The Morgan fingerprint density at radius 1 is 1.03 bits per heavy atom. The number of anilines is 3. The molecule has 2 aromatic carbocycles. The minimum Gasteiger partial charge on any atom is -0.371 e. The molecular weight excluding hydrogens is 458 g/mol. The molecule has 0 aliphatic carbocycles. The lowest BCUT2D eigenvalue weighted by Crippen LogP contribution is -2.49. The van der Waals surface area contributed by atoms with Crippen molar-refractivity contribution in [2.45, 2.75) is 18.7 Å². The summed E-state index contributed by atoms with van der Waals surface area (Å²) in [7, 11) is 0. The number of piperazine rings is 1. The number of hydrogen-bond acceptors (Lipinski definition) is 6. The van der Waals surface area contributed by atoms with Crippen molar-refractivity contribution in [3.63, 3.8) is 0 Å². The van der Waals surface area contributed by atoms with Gasteiger partial charge in [0.2, 0.25) is 5.91 Å². The number of hydrogen-bond donors (Lipinski definition) is 2. The third kappa shape index (κ3) is 5.43. The van der Waals surface area contributed by atoms with Crippen molar-refractivity contribution in [1.29, 1.82) is 0 Å². The molecule has 7 nitrogen and oxygen atoms in total. The number of nitrogens with zero attached hydrogens (tertiary/aromatic N) is 3. The lowest BCUT2D eigenvalue weighted by Gasteiger charge is -2.35. The van der Waals surface area contributed by atoms with Crippen LogP contribution in [-0.2, 0) is 10.5 Å². The van der Waals surface area contributed by atoms with Gasteiger partial charge in [0.1, 0.15) is 11.9 Å². The third-order valence-corrected chi connectivity index (χ3v) is 7.49. The number of aryl methyl sites for hydroxylation is 1. The Hall–Kier alpha value is -3.52. The Bertz CT molecular complexity index is 1190. The summed E-state index contributed by atoms with van der Waals surface area (Å²) >= 11 is 1.73. The Balaban J connectivity index is 1.16. The van der Waals surface area contributed by atoms with E-state index >= 15 is 0 Å². The van der Waals surface area contributed by atoms with Crippen LogP contribution in [0, 0.1) is 6.92 Å². The molecule has 1 saturated heterocycles. The number of nitrogens with one attached hydrogen (secondary N) is 2. The maximum absolute atomic E-state index is 13.1. The zero-order valence-electron chi connectivity index (χ0n) is 19.7. The van der Waals surface area contributed by atoms with Crippen molar-refractivity contribution >= 4 is 40.8 Å². The zero-order chi connectivity index (χ0) is 24.2. The summed E-state index contributed by atoms with van der Waals surface area (Å²) in [5, 5.41) is 6.33. The van der Waals surface area contributed by atoms with Crippen molar-refractivity contribution in [1.82, 2.24) is 9.88 Å². The highest BCUT2D eigenvalue weighted by atomic mass is 32.2. The Morgan fingerprint density at radius 2 is 1.83 bits per heavy atom. The van der Waals surface area contributed by atoms with Crippen LogP contribution >= 0.6 is 11.8 Å². The molecule has 1 unspecified atom stereocenters. The van der Waals surface area contributed by atoms with Crippen LogP contribution in [0.1, 0.15) is 21.5 Å². The second-order valence-corrected chi connectivity index (χ2v) is 9.94. The highest BCUT2D eigenvalue weighted by molar-refractivity contribution is 7.98. The van der Waals surface area contributed by atoms with E-state index in [-0.39, 0.29) is 17.9 Å². The summed E-state index contributed by atoms with van der Waals surface area (Å²) < 4.78 is 0. The van der Waals surface area contributed by atoms with Crippen LogP contribution in [0.5, 0.6) is 0 Å². The molecule has 2 aliphatic rings. The van der Waals surface area contributed by atoms with Gasteiger partial charge in [-0.2, -0.15) is 11.8 Å². The van der Waals surface area contributed by atoms with E-state index in [2.05, 4.69) is 51.7 Å². The van der Waals surface area contributed by atoms with Gasteiger partial charge < -0.3 is 20.4 Å². The largest absolute Gasteiger partial charge is 0.371 e. The molecule has 8 heteroatoms. The topological polar surface area (TPSA) is 77.6 Å². The fourth-order valence-corrected chi connectivity index (χ4v) is 5.35. The number of amides is 2. The van der Waals surface area contributed by atoms with Crippen molar-refractivity contribution in [3.8, 4) is 0 Å². The number of fused-ring (bicyclic) bond motifs is 1. The molecule has 0 bridgehead atoms. The third-order valence-electron chi connectivity index (χ3n) is 6.38. The Labute approximate surface area is 209 Å². The van der Waals surface area contributed by atoms with Crippen molar-refractivity contribution in [3.05, 3.63) is 83.6 Å². The molecule has 1 fully saturated rings. The van der Waals surface area contributed by atoms with E-state index in [9.17, 15) is 9.59 Å². The smallest absolute Gasteiger partial charge is 0.254 e. The predicted molar refractivity (Wildman–Crippen MR) is 142 cm³/mol. The minimum absolute atomic E-state index is 0.0153. The van der Waals surface area contributed by atoms with Gasteiger partial charge in [-0.25, -0.2) is 4.98 Å². The number of benzene rings is 2. The van der Waals surface area contributed by atoms with Crippen LogP contribution in [0.2, 0.25) is 0 Å². The van der Waals surface area contributed by atoms with E-state index < -0.39 is 0 Å². The van der Waals surface area contributed by atoms with Gasteiger partial charge in [-0.3, -0.25) is 9.59 Å². The first kappa shape index (κ1) is 23.2. The normalized spacial score (nSPS) is 17.4. The van der Waals surface area contributed by atoms with Gasteiger partial charge in [0, 0.05) is 49.4 Å². The first-order valence-electron chi connectivity index (χ1n) is 11.9. The molecule has 0 saturated carbocycles. The Kier molecular flexibility index (Phi) is 6.90. The summed E-state index contributed by atoms with van der Waals surface area (Å²) in [6, 6.07) is 19.5. The molecule has 0 spiro atoms. The molecule has 2 amide bonds. The molecule has 1 aromatic heterocycles. The summed E-state index contributed by atoms with van der Waals surface area (Å²) in [4.78, 5) is 34.3. The molecule has 2 N–H and O–H groups in total. The second-order valence-electron chi connectivity index (χ2n) is 8.91. The summed E-state index contributed by atoms with van der Waals surface area (Å²) in [5.41, 5.74) is 4.59. The molecule has 1 atom stereocenters. The maximum Gasteiger partial charge on any atom is 0.254 e. The zero-order valence-corrected chi connectivity index (χ0v) is 20.6. The summed E-state index contributed by atoms with van der Waals surface area (Å²) in [6.07, 6.45) is 1.79. The number of rotatable bonds is 6. The van der Waals surface area contributed by atoms with Crippen molar-refractivity contribution in [2.24, 2.45) is 0 Å². The molecule has 180 valence electrons. The van der Waals surface area contributed by atoms with Gasteiger partial charge in [-0.05, 0) is 42.8 Å². The van der Waals surface area contributed by atoms with Crippen LogP contribution in [0.15, 0.2) is 66.9 Å². The van der Waals surface area contributed by atoms with E-state index in [0.717, 1.165) is 30.3 Å². The van der Waals surface area contributed by atoms with Crippen molar-refractivity contribution in [2.75, 3.05) is 47.5 Å². The number of aromatic nitrogens is 1. The molecule has 5 rings (SSSR count). The maximum atomic E-state index is 13.1. The molecule has 3 aromatic rings. The molecule has 3 heterocycles. The lowest BCUT2D eigenvalue weighted by atomic mass is 10.1. The standard InChI is InChI=1S/C27H29N5O2S/c1-19-5-7-20(8-6-19)17-35-18-24-26(33)30-23-16-21(9-10-22(23)29-24)27(34)32-14-12-31(13-15-32)25-4-2-3-11-28-25/h2-11,16,24,29H,12-15,17-18H2,1H3,(H,30,33). The fraction of sp³-hybridized carbons (Fsp3) is 0.296. The first-order valence-corrected chi connectivity index (χ1v) is 13.0. The lowest BCUT2D eigenvalue weighted by molar-refractivity contribution is -0.116. The van der Waals surface area contributed by atoms with Gasteiger partial charge in [0.05, 0.1) is 11.4 Å². The van der Waals surface area contributed by atoms with Crippen molar-refractivity contribution < 1.29 is 9.59 Å². The minimum atomic E-state index is -0.306. The average Bonchev–Trinajstić information content (AvgIpc) is 2.90. The number of thioether (sulfide) groups is 1. The van der Waals surface area contributed by atoms with Crippen LogP contribution in [-0.4, -0.2) is 59.7 Å². The molecular formula is C27H29N5O2S. The summed E-state index contributed by atoms with van der Waals surface area (Å²) in [5.74, 6) is 2.38. The SMILES string of the molecule is Cc1ccc(CSCC2Nc3ccc(C(=O)N4CCN(c5ccccn5)CC4)cc3NC2=O)cc1. The van der Waals surface area contributed by atoms with Crippen LogP contribution in [0.4, 0.5) is 17.2 Å². The number of pyridine rings is 1. The predicted octanol–water partition coefficient (Wildman–Crippen LogP) is 4.02. The van der Waals surface area contributed by atoms with E-state index in [0.29, 0.717) is 30.1 Å². The van der Waals surface area contributed by atoms with Gasteiger partial charge in [0.15, 0.2) is 0 Å². The van der Waals surface area contributed by atoms with Gasteiger partial charge in [0.25, 0.3) is 5.91 Å². The monoisotopic (exact) mass is 487 g/mol. The van der Waals surface area contributed by atoms with E-state index in [4.69, 9.17) is 0 Å². The molecule has 0 radical (unpaired) electrons. The quantitative estimate of drug-likeness (QED) is 0.547. The second kappa shape index (κ2) is 10.4. The number of carbonyl (C=O) groups is 2. The van der Waals surface area contributed by atoms with Crippen LogP contribution < -0.4 is 15.5 Å². The van der Waals surface area contributed by atoms with E-state index in [1.807, 2.05) is 35.2 Å². The van der Waals surface area contributed by atoms with Gasteiger partial charge in [-0.15, -0.1) is 0 Å².